The predicted octanol–water partition coefficient (Wildman–Crippen LogP) is 5.75. The topological polar surface area (TPSA) is 75.7 Å². The van der Waals surface area contributed by atoms with Crippen molar-refractivity contribution in [2.45, 2.75) is 31.0 Å². The number of sulfonamides is 1. The lowest BCUT2D eigenvalue weighted by molar-refractivity contribution is -0.137. The summed E-state index contributed by atoms with van der Waals surface area (Å²) in [5.41, 5.74) is -0.0438. The van der Waals surface area contributed by atoms with Gasteiger partial charge >= 0.3 is 6.18 Å². The molecular formula is C25H24ClF3N2O4S. The van der Waals surface area contributed by atoms with Gasteiger partial charge in [0.25, 0.3) is 10.0 Å². The molecule has 0 aliphatic heterocycles. The Morgan fingerprint density at radius 2 is 1.67 bits per heavy atom. The lowest BCUT2D eigenvalue weighted by atomic mass is 10.1. The first-order chi connectivity index (χ1) is 16.8. The van der Waals surface area contributed by atoms with Crippen molar-refractivity contribution >= 4 is 33.2 Å². The third-order valence-corrected chi connectivity index (χ3v) is 7.55. The van der Waals surface area contributed by atoms with Gasteiger partial charge in [0.1, 0.15) is 12.3 Å². The molecule has 3 aromatic rings. The Balaban J connectivity index is 1.97. The molecule has 1 atom stereocenters. The molecule has 3 rings (SSSR count). The van der Waals surface area contributed by atoms with Gasteiger partial charge in [0.2, 0.25) is 5.91 Å². The number of halogens is 4. The minimum absolute atomic E-state index is 0.174. The smallest absolute Gasteiger partial charge is 0.417 e. The third-order valence-electron chi connectivity index (χ3n) is 5.43. The molecule has 0 aliphatic rings. The summed E-state index contributed by atoms with van der Waals surface area (Å²) in [6.07, 6.45) is -4.82. The number of carbonyl (C=O) groups is 1. The highest BCUT2D eigenvalue weighted by Crippen LogP contribution is 2.38. The average molecular weight is 541 g/mol. The van der Waals surface area contributed by atoms with Gasteiger partial charge in [-0.15, -0.1) is 0 Å². The number of aryl methyl sites for hydroxylation is 1. The lowest BCUT2D eigenvalue weighted by Gasteiger charge is -2.26. The van der Waals surface area contributed by atoms with Crippen LogP contribution in [0, 0.1) is 6.92 Å². The first kappa shape index (κ1) is 27.3. The molecule has 6 nitrogen and oxygen atoms in total. The van der Waals surface area contributed by atoms with Crippen LogP contribution in [0.2, 0.25) is 5.02 Å². The van der Waals surface area contributed by atoms with E-state index in [1.54, 1.807) is 50.2 Å². The lowest BCUT2D eigenvalue weighted by Crippen LogP contribution is -2.41. The Labute approximate surface area is 212 Å². The zero-order valence-electron chi connectivity index (χ0n) is 19.6. The molecule has 0 fully saturated rings. The number of ether oxygens (including phenoxy) is 1. The van der Waals surface area contributed by atoms with Gasteiger partial charge in [-0.25, -0.2) is 8.42 Å². The van der Waals surface area contributed by atoms with Gasteiger partial charge in [-0.05, 0) is 61.9 Å². The average Bonchev–Trinajstić information content (AvgIpc) is 2.82. The number of methoxy groups -OCH3 is 1. The number of rotatable bonds is 8. The Hall–Kier alpha value is -3.24. The van der Waals surface area contributed by atoms with Crippen LogP contribution in [-0.2, 0) is 21.0 Å². The second kappa shape index (κ2) is 10.8. The van der Waals surface area contributed by atoms with Gasteiger partial charge < -0.3 is 10.1 Å². The second-order valence-corrected chi connectivity index (χ2v) is 10.3. The van der Waals surface area contributed by atoms with Crippen molar-refractivity contribution in [1.82, 2.24) is 5.32 Å². The highest BCUT2D eigenvalue weighted by molar-refractivity contribution is 7.92. The fourth-order valence-corrected chi connectivity index (χ4v) is 5.07. The molecule has 1 amide bonds. The van der Waals surface area contributed by atoms with Crippen LogP contribution in [0.15, 0.2) is 71.6 Å². The Bertz CT molecular complexity index is 1330. The fourth-order valence-electron chi connectivity index (χ4n) is 3.43. The van der Waals surface area contributed by atoms with Crippen LogP contribution in [0.1, 0.15) is 29.7 Å². The van der Waals surface area contributed by atoms with E-state index in [0.29, 0.717) is 16.1 Å². The maximum Gasteiger partial charge on any atom is 0.417 e. The number of anilines is 1. The minimum atomic E-state index is -4.82. The monoisotopic (exact) mass is 540 g/mol. The van der Waals surface area contributed by atoms with Crippen molar-refractivity contribution < 1.29 is 31.1 Å². The molecule has 11 heteroatoms. The molecule has 0 heterocycles. The molecule has 0 spiro atoms. The Morgan fingerprint density at radius 1 is 1.06 bits per heavy atom. The van der Waals surface area contributed by atoms with Crippen molar-refractivity contribution in [2.24, 2.45) is 0 Å². The number of alkyl halides is 3. The van der Waals surface area contributed by atoms with Crippen molar-refractivity contribution in [3.05, 3.63) is 88.4 Å². The van der Waals surface area contributed by atoms with Gasteiger partial charge in [0.05, 0.1) is 34.3 Å². The van der Waals surface area contributed by atoms with Crippen molar-refractivity contribution in [3.8, 4) is 5.75 Å². The highest BCUT2D eigenvalue weighted by atomic mass is 35.5. The third kappa shape index (κ3) is 6.30. The molecule has 0 radical (unpaired) electrons. The largest absolute Gasteiger partial charge is 0.497 e. The van der Waals surface area contributed by atoms with Crippen LogP contribution in [0.25, 0.3) is 0 Å². The van der Waals surface area contributed by atoms with Crippen LogP contribution in [-0.4, -0.2) is 28.0 Å². The Morgan fingerprint density at radius 3 is 2.22 bits per heavy atom. The molecule has 0 saturated carbocycles. The number of amides is 1. The van der Waals surface area contributed by atoms with Crippen LogP contribution in [0.4, 0.5) is 18.9 Å². The SMILES string of the molecule is COc1ccc([C@H](C)NC(=O)CN(c2ccc(Cl)c(C(F)(F)F)c2)S(=O)(=O)c2ccc(C)cc2)cc1. The highest BCUT2D eigenvalue weighted by Gasteiger charge is 2.35. The summed E-state index contributed by atoms with van der Waals surface area (Å²) in [5, 5.41) is 2.10. The second-order valence-electron chi connectivity index (χ2n) is 8.05. The summed E-state index contributed by atoms with van der Waals surface area (Å²) >= 11 is 5.72. The van der Waals surface area contributed by atoms with Crippen LogP contribution in [0.3, 0.4) is 0 Å². The summed E-state index contributed by atoms with van der Waals surface area (Å²) in [4.78, 5) is 12.8. The number of hydrogen-bond donors (Lipinski definition) is 1. The standard InChI is InChI=1S/C25H24ClF3N2O4S/c1-16-4-11-21(12-5-16)36(33,34)31(19-8-13-23(26)22(14-19)25(27,28)29)15-24(32)30-17(2)18-6-9-20(35-3)10-7-18/h4-14,17H,15H2,1-3H3,(H,30,32)/t17-/m0/s1. The number of benzene rings is 3. The van der Waals surface area contributed by atoms with E-state index in [1.807, 2.05) is 0 Å². The van der Waals surface area contributed by atoms with Crippen molar-refractivity contribution in [1.29, 1.82) is 0 Å². The molecule has 0 bridgehead atoms. The van der Waals surface area contributed by atoms with Crippen LogP contribution < -0.4 is 14.4 Å². The number of carbonyl (C=O) groups excluding carboxylic acids is 1. The molecule has 1 N–H and O–H groups in total. The molecular weight excluding hydrogens is 517 g/mol. The molecule has 36 heavy (non-hydrogen) atoms. The van der Waals surface area contributed by atoms with E-state index in [1.165, 1.54) is 19.2 Å². The van der Waals surface area contributed by atoms with E-state index in [-0.39, 0.29) is 10.6 Å². The summed E-state index contributed by atoms with van der Waals surface area (Å²) in [6, 6.07) is 14.8. The minimum Gasteiger partial charge on any atom is -0.497 e. The molecule has 3 aromatic carbocycles. The zero-order chi connectivity index (χ0) is 26.7. The maximum absolute atomic E-state index is 13.5. The van der Waals surface area contributed by atoms with Gasteiger partial charge in [0.15, 0.2) is 0 Å². The van der Waals surface area contributed by atoms with E-state index in [4.69, 9.17) is 16.3 Å². The van der Waals surface area contributed by atoms with Crippen LogP contribution >= 0.6 is 11.6 Å². The van der Waals surface area contributed by atoms with Crippen molar-refractivity contribution in [2.75, 3.05) is 18.0 Å². The predicted molar refractivity (Wildman–Crippen MR) is 132 cm³/mol. The summed E-state index contributed by atoms with van der Waals surface area (Å²) < 4.78 is 73.2. The number of nitrogens with one attached hydrogen (secondary N) is 1. The molecule has 0 saturated heterocycles. The number of nitrogens with zero attached hydrogens (tertiary/aromatic N) is 1. The molecule has 0 unspecified atom stereocenters. The van der Waals surface area contributed by atoms with E-state index in [2.05, 4.69) is 5.32 Å². The van der Waals surface area contributed by atoms with E-state index >= 15 is 0 Å². The quantitative estimate of drug-likeness (QED) is 0.395. The van der Waals surface area contributed by atoms with Crippen molar-refractivity contribution in [3.63, 3.8) is 0 Å². The van der Waals surface area contributed by atoms with E-state index in [9.17, 15) is 26.4 Å². The molecule has 0 aromatic heterocycles. The number of hydrogen-bond acceptors (Lipinski definition) is 4. The molecule has 0 aliphatic carbocycles. The van der Waals surface area contributed by atoms with Gasteiger partial charge in [-0.2, -0.15) is 13.2 Å². The summed E-state index contributed by atoms with van der Waals surface area (Å²) in [7, 11) is -2.89. The maximum atomic E-state index is 13.5. The molecule has 192 valence electrons. The summed E-state index contributed by atoms with van der Waals surface area (Å²) in [5.74, 6) is -0.0895. The van der Waals surface area contributed by atoms with E-state index < -0.39 is 45.3 Å². The summed E-state index contributed by atoms with van der Waals surface area (Å²) in [6.45, 7) is 2.70. The zero-order valence-corrected chi connectivity index (χ0v) is 21.2. The van der Waals surface area contributed by atoms with Gasteiger partial charge in [0, 0.05) is 0 Å². The van der Waals surface area contributed by atoms with Gasteiger partial charge in [-0.3, -0.25) is 9.10 Å². The fraction of sp³-hybridized carbons (Fsp3) is 0.240. The van der Waals surface area contributed by atoms with Gasteiger partial charge in [-0.1, -0.05) is 41.4 Å². The Kier molecular flexibility index (Phi) is 8.20. The first-order valence-corrected chi connectivity index (χ1v) is 12.5. The van der Waals surface area contributed by atoms with Crippen LogP contribution in [0.5, 0.6) is 5.75 Å². The van der Waals surface area contributed by atoms with E-state index in [0.717, 1.165) is 23.3 Å². The first-order valence-electron chi connectivity index (χ1n) is 10.7. The normalized spacial score (nSPS) is 12.6.